The lowest BCUT2D eigenvalue weighted by Crippen LogP contribution is -2.40. The Morgan fingerprint density at radius 2 is 1.86 bits per heavy atom. The molecule has 2 amide bonds. The summed E-state index contributed by atoms with van der Waals surface area (Å²) in [4.78, 5) is 36.1. The first-order valence-electron chi connectivity index (χ1n) is 8.36. The van der Waals surface area contributed by atoms with Crippen molar-refractivity contribution in [3.05, 3.63) is 54.1 Å². The number of hydrogen-bond acceptors (Lipinski definition) is 5. The number of carbonyl (C=O) groups excluding carboxylic acids is 3. The zero-order chi connectivity index (χ0) is 20.3. The molecule has 1 aliphatic heterocycles. The van der Waals surface area contributed by atoms with E-state index < -0.39 is 53.7 Å². The SMILES string of the molecule is C[C@@H](OC(=O)C[C@H]1Oc2ccccc2NC1=O)C(=O)Nc1c(F)cccc1F. The molecular formula is C19H16F2N2O5. The Morgan fingerprint density at radius 3 is 2.57 bits per heavy atom. The standard InChI is InChI=1S/C19H16F2N2O5/c1-10(18(25)23-17-11(20)5-4-6-12(17)21)27-16(24)9-15-19(26)22-13-7-2-3-8-14(13)28-15/h2-8,10,15H,9H2,1H3,(H,22,26)(H,23,25)/t10-,15-/m1/s1. The lowest BCUT2D eigenvalue weighted by atomic mass is 10.1. The van der Waals surface area contributed by atoms with Gasteiger partial charge in [-0.2, -0.15) is 0 Å². The summed E-state index contributed by atoms with van der Waals surface area (Å²) in [6.07, 6.45) is -2.90. The Labute approximate surface area is 158 Å². The average molecular weight is 390 g/mol. The van der Waals surface area contributed by atoms with Crippen molar-refractivity contribution in [2.45, 2.75) is 25.6 Å². The number of rotatable bonds is 5. The van der Waals surface area contributed by atoms with E-state index in [1.54, 1.807) is 24.3 Å². The summed E-state index contributed by atoms with van der Waals surface area (Å²) in [7, 11) is 0. The maximum atomic E-state index is 13.6. The number of halogens is 2. The van der Waals surface area contributed by atoms with E-state index in [4.69, 9.17) is 9.47 Å². The number of anilines is 2. The molecule has 2 atom stereocenters. The highest BCUT2D eigenvalue weighted by Crippen LogP contribution is 2.29. The minimum absolute atomic E-state index is 0.403. The maximum Gasteiger partial charge on any atom is 0.310 e. The van der Waals surface area contributed by atoms with Crippen LogP contribution in [0.15, 0.2) is 42.5 Å². The van der Waals surface area contributed by atoms with E-state index in [2.05, 4.69) is 5.32 Å². The zero-order valence-corrected chi connectivity index (χ0v) is 14.7. The number of nitrogens with one attached hydrogen (secondary N) is 2. The normalized spacial score (nSPS) is 16.2. The third kappa shape index (κ3) is 4.25. The second-order valence-electron chi connectivity index (χ2n) is 6.01. The predicted molar refractivity (Wildman–Crippen MR) is 94.6 cm³/mol. The van der Waals surface area contributed by atoms with Crippen LogP contribution >= 0.6 is 0 Å². The number of carbonyl (C=O) groups is 3. The molecule has 0 aliphatic carbocycles. The van der Waals surface area contributed by atoms with E-state index in [1.807, 2.05) is 5.32 Å². The van der Waals surface area contributed by atoms with E-state index in [1.165, 1.54) is 6.92 Å². The van der Waals surface area contributed by atoms with E-state index in [0.29, 0.717) is 11.4 Å². The predicted octanol–water partition coefficient (Wildman–Crippen LogP) is 2.62. The second kappa shape index (κ2) is 8.03. The number of benzene rings is 2. The fourth-order valence-electron chi connectivity index (χ4n) is 2.52. The Bertz CT molecular complexity index is 914. The number of fused-ring (bicyclic) bond motifs is 1. The van der Waals surface area contributed by atoms with E-state index in [0.717, 1.165) is 18.2 Å². The Kier molecular flexibility index (Phi) is 5.53. The van der Waals surface area contributed by atoms with Crippen molar-refractivity contribution in [2.24, 2.45) is 0 Å². The van der Waals surface area contributed by atoms with Crippen molar-refractivity contribution >= 4 is 29.2 Å². The highest BCUT2D eigenvalue weighted by molar-refractivity contribution is 6.00. The summed E-state index contributed by atoms with van der Waals surface area (Å²) in [5, 5.41) is 4.63. The first kappa shape index (κ1) is 19.3. The van der Waals surface area contributed by atoms with Crippen LogP contribution in [0.3, 0.4) is 0 Å². The molecule has 1 aliphatic rings. The molecule has 0 spiro atoms. The average Bonchev–Trinajstić information content (AvgIpc) is 2.65. The number of hydrogen-bond donors (Lipinski definition) is 2. The third-order valence-corrected chi connectivity index (χ3v) is 3.95. The molecule has 1 heterocycles. The highest BCUT2D eigenvalue weighted by atomic mass is 19.1. The van der Waals surface area contributed by atoms with E-state index in [-0.39, 0.29) is 0 Å². The molecule has 3 rings (SSSR count). The molecule has 0 aromatic heterocycles. The smallest absolute Gasteiger partial charge is 0.310 e. The van der Waals surface area contributed by atoms with Crippen LogP contribution in [0.4, 0.5) is 20.2 Å². The van der Waals surface area contributed by atoms with Gasteiger partial charge < -0.3 is 20.1 Å². The molecule has 0 saturated heterocycles. The van der Waals surface area contributed by atoms with Crippen molar-refractivity contribution < 1.29 is 32.6 Å². The molecule has 9 heteroatoms. The van der Waals surface area contributed by atoms with Crippen LogP contribution in [0.1, 0.15) is 13.3 Å². The number of ether oxygens (including phenoxy) is 2. The van der Waals surface area contributed by atoms with Crippen LogP contribution in [-0.2, 0) is 19.1 Å². The van der Waals surface area contributed by atoms with E-state index >= 15 is 0 Å². The van der Waals surface area contributed by atoms with Gasteiger partial charge in [0, 0.05) is 0 Å². The summed E-state index contributed by atoms with van der Waals surface area (Å²) in [6.45, 7) is 1.24. The van der Waals surface area contributed by atoms with Gasteiger partial charge in [-0.05, 0) is 31.2 Å². The molecule has 2 aromatic carbocycles. The molecule has 0 unspecified atom stereocenters. The summed E-state index contributed by atoms with van der Waals surface area (Å²) in [6, 6.07) is 9.81. The lowest BCUT2D eigenvalue weighted by molar-refractivity contribution is -0.155. The van der Waals surface area contributed by atoms with Crippen LogP contribution < -0.4 is 15.4 Å². The van der Waals surface area contributed by atoms with Gasteiger partial charge >= 0.3 is 5.97 Å². The Balaban J connectivity index is 1.57. The van der Waals surface area contributed by atoms with Gasteiger partial charge in [0.1, 0.15) is 23.1 Å². The lowest BCUT2D eigenvalue weighted by Gasteiger charge is -2.25. The fourth-order valence-corrected chi connectivity index (χ4v) is 2.52. The van der Waals surface area contributed by atoms with Crippen LogP contribution in [0.2, 0.25) is 0 Å². The van der Waals surface area contributed by atoms with Gasteiger partial charge in [0.25, 0.3) is 11.8 Å². The molecule has 0 radical (unpaired) electrons. The second-order valence-corrected chi connectivity index (χ2v) is 6.01. The quantitative estimate of drug-likeness (QED) is 0.766. The van der Waals surface area contributed by atoms with Crippen LogP contribution in [0.5, 0.6) is 5.75 Å². The molecule has 2 N–H and O–H groups in total. The van der Waals surface area contributed by atoms with Gasteiger partial charge in [-0.25, -0.2) is 8.78 Å². The minimum Gasteiger partial charge on any atom is -0.478 e. The summed E-state index contributed by atoms with van der Waals surface area (Å²) in [5.74, 6) is -3.84. The van der Waals surface area contributed by atoms with Gasteiger partial charge in [-0.15, -0.1) is 0 Å². The molecule has 0 fully saturated rings. The molecule has 146 valence electrons. The van der Waals surface area contributed by atoms with Crippen LogP contribution in [-0.4, -0.2) is 30.0 Å². The molecular weight excluding hydrogens is 374 g/mol. The summed E-state index contributed by atoms with van der Waals surface area (Å²) >= 11 is 0. The number of para-hydroxylation sites is 3. The number of amides is 2. The number of esters is 1. The molecule has 0 bridgehead atoms. The van der Waals surface area contributed by atoms with Crippen molar-refractivity contribution in [3.8, 4) is 5.75 Å². The van der Waals surface area contributed by atoms with Gasteiger partial charge in [0.15, 0.2) is 12.2 Å². The van der Waals surface area contributed by atoms with Gasteiger partial charge in [0.2, 0.25) is 0 Å². The fraction of sp³-hybridized carbons (Fsp3) is 0.211. The zero-order valence-electron chi connectivity index (χ0n) is 14.7. The van der Waals surface area contributed by atoms with Crippen molar-refractivity contribution in [1.29, 1.82) is 0 Å². The van der Waals surface area contributed by atoms with Gasteiger partial charge in [-0.3, -0.25) is 14.4 Å². The van der Waals surface area contributed by atoms with Crippen molar-refractivity contribution in [3.63, 3.8) is 0 Å². The summed E-state index contributed by atoms with van der Waals surface area (Å²) < 4.78 is 37.6. The molecule has 28 heavy (non-hydrogen) atoms. The largest absolute Gasteiger partial charge is 0.478 e. The Hall–Kier alpha value is -3.49. The van der Waals surface area contributed by atoms with Gasteiger partial charge in [0.05, 0.1) is 12.1 Å². The minimum atomic E-state index is -1.34. The third-order valence-electron chi connectivity index (χ3n) is 3.95. The topological polar surface area (TPSA) is 93.7 Å². The monoisotopic (exact) mass is 390 g/mol. The molecule has 2 aromatic rings. The maximum absolute atomic E-state index is 13.6. The van der Waals surface area contributed by atoms with Crippen LogP contribution in [0.25, 0.3) is 0 Å². The van der Waals surface area contributed by atoms with Gasteiger partial charge in [-0.1, -0.05) is 18.2 Å². The molecule has 0 saturated carbocycles. The van der Waals surface area contributed by atoms with Crippen molar-refractivity contribution in [2.75, 3.05) is 10.6 Å². The van der Waals surface area contributed by atoms with Crippen molar-refractivity contribution in [1.82, 2.24) is 0 Å². The molecule has 7 nitrogen and oxygen atoms in total. The Morgan fingerprint density at radius 1 is 1.18 bits per heavy atom. The van der Waals surface area contributed by atoms with Crippen LogP contribution in [0, 0.1) is 11.6 Å². The first-order chi connectivity index (χ1) is 13.3. The highest BCUT2D eigenvalue weighted by Gasteiger charge is 2.31. The van der Waals surface area contributed by atoms with E-state index in [9.17, 15) is 23.2 Å². The first-order valence-corrected chi connectivity index (χ1v) is 8.36. The summed E-state index contributed by atoms with van der Waals surface area (Å²) in [5.41, 5.74) is -0.154.